The molecule has 3 aromatic rings. The Bertz CT molecular complexity index is 1110. The molecule has 0 fully saturated rings. The number of benzene rings is 2. The Balaban J connectivity index is 1.79. The van der Waals surface area contributed by atoms with E-state index in [4.69, 9.17) is 5.73 Å². The molecule has 6 heteroatoms. The Hall–Kier alpha value is -3.54. The molecule has 0 saturated carbocycles. The monoisotopic (exact) mass is 400 g/mol. The van der Waals surface area contributed by atoms with Gasteiger partial charge in [-0.3, -0.25) is 14.5 Å². The van der Waals surface area contributed by atoms with Crippen LogP contribution in [0.2, 0.25) is 0 Å². The number of carbonyl (C=O) groups is 2. The number of unbranched alkanes of at least 4 members (excludes halogenated alkanes) is 1. The van der Waals surface area contributed by atoms with Crippen LogP contribution in [0.1, 0.15) is 46.9 Å². The zero-order valence-electron chi connectivity index (χ0n) is 17.2. The van der Waals surface area contributed by atoms with Crippen LogP contribution in [-0.2, 0) is 17.6 Å². The van der Waals surface area contributed by atoms with Gasteiger partial charge in [0.05, 0.1) is 12.1 Å². The van der Waals surface area contributed by atoms with Crippen LogP contribution in [0.3, 0.4) is 0 Å². The molecule has 0 spiro atoms. The molecule has 0 bridgehead atoms. The van der Waals surface area contributed by atoms with Crippen molar-refractivity contribution in [1.82, 2.24) is 9.97 Å². The predicted octanol–water partition coefficient (Wildman–Crippen LogP) is 4.11. The SMILES string of the molecule is CCCCc1ccc(N2C(=O)Cc3c(C(N)=O)nc(-c4ccc(C)cc4)nc32)cc1. The van der Waals surface area contributed by atoms with Gasteiger partial charge < -0.3 is 5.73 Å². The van der Waals surface area contributed by atoms with Crippen LogP contribution in [0.25, 0.3) is 11.4 Å². The quantitative estimate of drug-likeness (QED) is 0.674. The van der Waals surface area contributed by atoms with Gasteiger partial charge in [0.15, 0.2) is 5.82 Å². The minimum absolute atomic E-state index is 0.0549. The number of nitrogens with two attached hydrogens (primary N) is 1. The van der Waals surface area contributed by atoms with E-state index >= 15 is 0 Å². The maximum atomic E-state index is 12.9. The summed E-state index contributed by atoms with van der Waals surface area (Å²) < 4.78 is 0. The van der Waals surface area contributed by atoms with Gasteiger partial charge in [-0.05, 0) is 37.5 Å². The first-order chi connectivity index (χ1) is 14.5. The van der Waals surface area contributed by atoms with E-state index in [1.807, 2.05) is 55.5 Å². The Labute approximate surface area is 175 Å². The number of amides is 2. The van der Waals surface area contributed by atoms with Gasteiger partial charge in [0, 0.05) is 11.1 Å². The summed E-state index contributed by atoms with van der Waals surface area (Å²) in [7, 11) is 0. The molecule has 152 valence electrons. The van der Waals surface area contributed by atoms with Gasteiger partial charge in [0.2, 0.25) is 5.91 Å². The summed E-state index contributed by atoms with van der Waals surface area (Å²) in [6, 6.07) is 15.6. The first-order valence-electron chi connectivity index (χ1n) is 10.2. The summed E-state index contributed by atoms with van der Waals surface area (Å²) in [6.45, 7) is 4.16. The standard InChI is InChI=1S/C24H24N4O2/c1-3-4-5-16-8-12-18(13-9-16)28-20(29)14-19-21(22(25)30)26-23(27-24(19)28)17-10-6-15(2)7-11-17/h6-13H,3-5,14H2,1-2H3,(H2,25,30). The van der Waals surface area contributed by atoms with Gasteiger partial charge in [0.1, 0.15) is 11.5 Å². The van der Waals surface area contributed by atoms with Crippen molar-refractivity contribution >= 4 is 23.3 Å². The lowest BCUT2D eigenvalue weighted by Crippen LogP contribution is -2.21. The number of aromatic nitrogens is 2. The molecule has 0 saturated heterocycles. The summed E-state index contributed by atoms with van der Waals surface area (Å²) in [5.41, 5.74) is 10.0. The Kier molecular flexibility index (Phi) is 5.31. The second-order valence-electron chi connectivity index (χ2n) is 7.60. The third-order valence-corrected chi connectivity index (χ3v) is 5.33. The fourth-order valence-electron chi connectivity index (χ4n) is 3.66. The summed E-state index contributed by atoms with van der Waals surface area (Å²) in [6.07, 6.45) is 3.32. The maximum Gasteiger partial charge on any atom is 0.267 e. The molecule has 6 nitrogen and oxygen atoms in total. The normalized spacial score (nSPS) is 12.9. The summed E-state index contributed by atoms with van der Waals surface area (Å²) >= 11 is 0. The minimum atomic E-state index is -0.661. The highest BCUT2D eigenvalue weighted by molar-refractivity contribution is 6.09. The van der Waals surface area contributed by atoms with Gasteiger partial charge in [-0.1, -0.05) is 55.3 Å². The van der Waals surface area contributed by atoms with Crippen LogP contribution in [0.4, 0.5) is 11.5 Å². The van der Waals surface area contributed by atoms with Crippen LogP contribution in [0, 0.1) is 6.92 Å². The van der Waals surface area contributed by atoms with E-state index in [0.29, 0.717) is 17.2 Å². The molecule has 0 unspecified atom stereocenters. The Morgan fingerprint density at radius 3 is 2.40 bits per heavy atom. The lowest BCUT2D eigenvalue weighted by Gasteiger charge is -2.18. The summed E-state index contributed by atoms with van der Waals surface area (Å²) in [4.78, 5) is 35.6. The van der Waals surface area contributed by atoms with Crippen molar-refractivity contribution in [2.75, 3.05) is 4.90 Å². The zero-order chi connectivity index (χ0) is 21.3. The Morgan fingerprint density at radius 1 is 1.07 bits per heavy atom. The number of carbonyl (C=O) groups excluding carboxylic acids is 2. The van der Waals surface area contributed by atoms with Gasteiger partial charge in [0.25, 0.3) is 5.91 Å². The lowest BCUT2D eigenvalue weighted by atomic mass is 10.1. The lowest BCUT2D eigenvalue weighted by molar-refractivity contribution is -0.116. The topological polar surface area (TPSA) is 89.2 Å². The fourth-order valence-corrected chi connectivity index (χ4v) is 3.66. The molecule has 1 aliphatic rings. The molecule has 0 aliphatic carbocycles. The van der Waals surface area contributed by atoms with Crippen LogP contribution in [-0.4, -0.2) is 21.8 Å². The number of rotatable bonds is 6. The van der Waals surface area contributed by atoms with Crippen molar-refractivity contribution in [3.05, 3.63) is 70.9 Å². The molecular formula is C24H24N4O2. The molecule has 2 amide bonds. The van der Waals surface area contributed by atoms with Crippen LogP contribution >= 0.6 is 0 Å². The van der Waals surface area contributed by atoms with Crippen molar-refractivity contribution in [1.29, 1.82) is 0 Å². The molecule has 2 N–H and O–H groups in total. The van der Waals surface area contributed by atoms with Crippen molar-refractivity contribution in [2.24, 2.45) is 5.73 Å². The average molecular weight is 400 g/mol. The van der Waals surface area contributed by atoms with E-state index in [0.717, 1.165) is 36.1 Å². The highest BCUT2D eigenvalue weighted by Crippen LogP contribution is 2.36. The summed E-state index contributed by atoms with van der Waals surface area (Å²) in [5.74, 6) is -0.00163. The second-order valence-corrected chi connectivity index (χ2v) is 7.60. The second kappa shape index (κ2) is 8.06. The predicted molar refractivity (Wildman–Crippen MR) is 117 cm³/mol. The molecule has 0 atom stereocenters. The molecule has 2 aromatic carbocycles. The van der Waals surface area contributed by atoms with Crippen molar-refractivity contribution in [3.63, 3.8) is 0 Å². The molecule has 1 aliphatic heterocycles. The van der Waals surface area contributed by atoms with Gasteiger partial charge >= 0.3 is 0 Å². The van der Waals surface area contributed by atoms with Crippen LogP contribution in [0.15, 0.2) is 48.5 Å². The number of anilines is 2. The minimum Gasteiger partial charge on any atom is -0.364 e. The first kappa shape index (κ1) is 19.8. The maximum absolute atomic E-state index is 12.9. The molecule has 30 heavy (non-hydrogen) atoms. The van der Waals surface area contributed by atoms with Crippen LogP contribution in [0.5, 0.6) is 0 Å². The third-order valence-electron chi connectivity index (χ3n) is 5.33. The number of hydrogen-bond acceptors (Lipinski definition) is 4. The average Bonchev–Trinajstić information content (AvgIpc) is 3.08. The summed E-state index contributed by atoms with van der Waals surface area (Å²) in [5, 5.41) is 0. The van der Waals surface area contributed by atoms with E-state index in [1.54, 1.807) is 4.90 Å². The molecular weight excluding hydrogens is 376 g/mol. The first-order valence-corrected chi connectivity index (χ1v) is 10.2. The molecule has 2 heterocycles. The van der Waals surface area contributed by atoms with Crippen molar-refractivity contribution in [3.8, 4) is 11.4 Å². The zero-order valence-corrected chi connectivity index (χ0v) is 17.2. The smallest absolute Gasteiger partial charge is 0.267 e. The van der Waals surface area contributed by atoms with Crippen LogP contribution < -0.4 is 10.6 Å². The van der Waals surface area contributed by atoms with E-state index in [-0.39, 0.29) is 18.0 Å². The van der Waals surface area contributed by atoms with E-state index < -0.39 is 5.91 Å². The van der Waals surface area contributed by atoms with Crippen molar-refractivity contribution < 1.29 is 9.59 Å². The number of aryl methyl sites for hydroxylation is 2. The highest BCUT2D eigenvalue weighted by atomic mass is 16.2. The van der Waals surface area contributed by atoms with Gasteiger partial charge in [-0.2, -0.15) is 0 Å². The third kappa shape index (κ3) is 3.68. The van der Waals surface area contributed by atoms with Gasteiger partial charge in [-0.25, -0.2) is 9.97 Å². The van der Waals surface area contributed by atoms with Gasteiger partial charge in [-0.15, -0.1) is 0 Å². The Morgan fingerprint density at radius 2 is 1.77 bits per heavy atom. The molecule has 1 aromatic heterocycles. The molecule has 0 radical (unpaired) electrons. The number of primary amides is 1. The van der Waals surface area contributed by atoms with E-state index in [2.05, 4.69) is 16.9 Å². The van der Waals surface area contributed by atoms with E-state index in [1.165, 1.54) is 5.56 Å². The number of fused-ring (bicyclic) bond motifs is 1. The number of nitrogens with zero attached hydrogens (tertiary/aromatic N) is 3. The van der Waals surface area contributed by atoms with Crippen molar-refractivity contribution in [2.45, 2.75) is 39.5 Å². The van der Waals surface area contributed by atoms with E-state index in [9.17, 15) is 9.59 Å². The highest BCUT2D eigenvalue weighted by Gasteiger charge is 2.35. The fraction of sp³-hybridized carbons (Fsp3) is 0.250. The number of hydrogen-bond donors (Lipinski definition) is 1. The largest absolute Gasteiger partial charge is 0.364 e. The molecule has 4 rings (SSSR count).